The average Bonchev–Trinajstić information content (AvgIpc) is 2.69. The van der Waals surface area contributed by atoms with Gasteiger partial charge in [-0.1, -0.05) is 0 Å². The third-order valence-electron chi connectivity index (χ3n) is 3.24. The Bertz CT molecular complexity index is 924. The Morgan fingerprint density at radius 2 is 1.37 bits per heavy atom. The Labute approximate surface area is 169 Å². The first-order chi connectivity index (χ1) is 14.1. The lowest BCUT2D eigenvalue weighted by Crippen LogP contribution is -2.10. The third kappa shape index (κ3) is 6.27. The van der Waals surface area contributed by atoms with Crippen LogP contribution in [-0.2, 0) is 13.6 Å². The van der Waals surface area contributed by atoms with E-state index in [0.29, 0.717) is 30.7 Å². The Morgan fingerprint density at radius 1 is 0.933 bits per heavy atom. The van der Waals surface area contributed by atoms with Crippen molar-refractivity contribution in [3.8, 4) is 5.75 Å². The molecule has 2 rings (SSSR count). The van der Waals surface area contributed by atoms with Crippen LogP contribution in [0.4, 0.5) is 17.1 Å². The van der Waals surface area contributed by atoms with Crippen LogP contribution in [0.2, 0.25) is 0 Å². The highest BCUT2D eigenvalue weighted by molar-refractivity contribution is 7.62. The van der Waals surface area contributed by atoms with Crippen molar-refractivity contribution in [3.63, 3.8) is 0 Å². The van der Waals surface area contributed by atoms with E-state index >= 15 is 0 Å². The predicted octanol–water partition coefficient (Wildman–Crippen LogP) is 3.09. The van der Waals surface area contributed by atoms with Gasteiger partial charge in [-0.15, -0.1) is 0 Å². The van der Waals surface area contributed by atoms with Gasteiger partial charge in [0.25, 0.3) is 11.4 Å². The van der Waals surface area contributed by atoms with Crippen LogP contribution in [0, 0.1) is 30.3 Å². The van der Waals surface area contributed by atoms with Gasteiger partial charge in [-0.05, 0) is 26.0 Å². The Hall–Kier alpha value is -3.48. The summed E-state index contributed by atoms with van der Waals surface area (Å²) in [4.78, 5) is 31.6. The predicted molar refractivity (Wildman–Crippen MR) is 103 cm³/mol. The molecule has 0 unspecified atom stereocenters. The zero-order chi connectivity index (χ0) is 22.9. The number of phenolic OH excluding ortho intramolecular Hbond substituents is 1. The molecule has 1 N–H and O–H groups in total. The van der Waals surface area contributed by atoms with Gasteiger partial charge in [0.2, 0.25) is 0 Å². The smallest absolute Gasteiger partial charge is 0.361 e. The molecule has 1 aromatic heterocycles. The monoisotopic (exact) mass is 444 g/mol. The van der Waals surface area contributed by atoms with Gasteiger partial charge in [-0.3, -0.25) is 39.9 Å². The number of nitrogens with zero attached hydrogens (tertiary/aromatic N) is 4. The van der Waals surface area contributed by atoms with Gasteiger partial charge >= 0.3 is 19.0 Å². The highest BCUT2D eigenvalue weighted by atomic mass is 31.2. The molecule has 30 heavy (non-hydrogen) atoms. The van der Waals surface area contributed by atoms with Gasteiger partial charge < -0.3 is 14.2 Å². The van der Waals surface area contributed by atoms with Gasteiger partial charge in [0.05, 0.1) is 45.4 Å². The number of hydrogen-bond acceptors (Lipinski definition) is 11. The van der Waals surface area contributed by atoms with E-state index in [-0.39, 0.29) is 0 Å². The number of hydrogen-bond donors (Lipinski definition) is 1. The van der Waals surface area contributed by atoms with Crippen molar-refractivity contribution in [3.05, 3.63) is 67.0 Å². The molecule has 0 fully saturated rings. The number of pyridine rings is 1. The molecule has 0 aliphatic carbocycles. The van der Waals surface area contributed by atoms with Crippen molar-refractivity contribution < 1.29 is 33.5 Å². The molecule has 1 heterocycles. The summed E-state index contributed by atoms with van der Waals surface area (Å²) in [5.74, 6) is -1.21. The number of nitro groups is 3. The molecule has 0 spiro atoms. The Morgan fingerprint density at radius 3 is 1.70 bits per heavy atom. The van der Waals surface area contributed by atoms with E-state index in [1.165, 1.54) is 0 Å². The molecule has 2 aromatic rings. The van der Waals surface area contributed by atoms with Crippen LogP contribution in [0.25, 0.3) is 0 Å². The maximum absolute atomic E-state index is 12.1. The number of benzene rings is 1. The average molecular weight is 444 g/mol. The molecule has 0 aliphatic heterocycles. The quantitative estimate of drug-likeness (QED) is 0.356. The van der Waals surface area contributed by atoms with Crippen molar-refractivity contribution in [1.82, 2.24) is 4.98 Å². The summed E-state index contributed by atoms with van der Waals surface area (Å²) >= 11 is 0. The Kier molecular flexibility index (Phi) is 8.92. The lowest BCUT2D eigenvalue weighted by molar-refractivity contribution is -0.404. The molecule has 0 aliphatic rings. The first kappa shape index (κ1) is 24.6. The molecule has 162 valence electrons. The summed E-state index contributed by atoms with van der Waals surface area (Å²) in [6.45, 7) is 4.29. The van der Waals surface area contributed by atoms with Crippen LogP contribution in [0.1, 0.15) is 13.8 Å². The minimum absolute atomic E-state index is 0.361. The fourth-order valence-corrected chi connectivity index (χ4v) is 3.58. The second-order valence-corrected chi connectivity index (χ2v) is 7.17. The van der Waals surface area contributed by atoms with E-state index in [1.54, 1.807) is 38.4 Å². The zero-order valence-corrected chi connectivity index (χ0v) is 16.6. The highest BCUT2D eigenvalue weighted by Gasteiger charge is 2.30. The van der Waals surface area contributed by atoms with E-state index < -0.39 is 45.2 Å². The minimum Gasteiger partial charge on any atom is -0.497 e. The first-order valence-corrected chi connectivity index (χ1v) is 9.71. The van der Waals surface area contributed by atoms with E-state index in [0.717, 1.165) is 0 Å². The van der Waals surface area contributed by atoms with Gasteiger partial charge in [0.15, 0.2) is 0 Å². The fraction of sp³-hybridized carbons (Fsp3) is 0.267. The van der Waals surface area contributed by atoms with Crippen LogP contribution in [-0.4, -0.2) is 38.1 Å². The SMILES string of the molecule is CCOP(=O)(OCC)c1ccncc1.O=[N+]([O-])c1cc([N+](=O)[O-])c(O)c([N+](=O)[O-])c1. The largest absolute Gasteiger partial charge is 0.497 e. The molecule has 0 amide bonds. The van der Waals surface area contributed by atoms with Crippen molar-refractivity contribution >= 4 is 30.0 Å². The second kappa shape index (κ2) is 10.9. The summed E-state index contributed by atoms with van der Waals surface area (Å²) in [5.41, 5.74) is -3.00. The molecule has 0 bridgehead atoms. The number of rotatable bonds is 8. The van der Waals surface area contributed by atoms with E-state index in [4.69, 9.17) is 14.2 Å². The van der Waals surface area contributed by atoms with Crippen molar-refractivity contribution in [1.29, 1.82) is 0 Å². The number of aromatic nitrogens is 1. The van der Waals surface area contributed by atoms with Gasteiger partial charge in [-0.25, -0.2) is 0 Å². The van der Waals surface area contributed by atoms with E-state index in [9.17, 15) is 34.9 Å². The third-order valence-corrected chi connectivity index (χ3v) is 5.36. The summed E-state index contributed by atoms with van der Waals surface area (Å²) in [6.07, 6.45) is 3.14. The maximum Gasteiger partial charge on any atom is 0.361 e. The number of aromatic hydroxyl groups is 1. The standard InChI is InChI=1S/C9H14NO3P.C6H3N3O7/c1-3-12-14(11,13-4-2)9-5-7-10-8-6-9;10-6-4(8(13)14)1-3(7(11)12)2-5(6)9(15)16/h5-8H,3-4H2,1-2H3;1-2,10H. The summed E-state index contributed by atoms with van der Waals surface area (Å²) in [6, 6.07) is 4.18. The molecule has 0 atom stereocenters. The Balaban J connectivity index is 0.000000303. The van der Waals surface area contributed by atoms with Gasteiger partial charge in [-0.2, -0.15) is 0 Å². The van der Waals surface area contributed by atoms with Crippen LogP contribution in [0.15, 0.2) is 36.7 Å². The number of non-ortho nitro benzene ring substituents is 1. The molecule has 0 radical (unpaired) electrons. The van der Waals surface area contributed by atoms with Gasteiger partial charge in [0, 0.05) is 12.4 Å². The van der Waals surface area contributed by atoms with Crippen LogP contribution < -0.4 is 5.30 Å². The molecule has 15 heteroatoms. The topological polar surface area (TPSA) is 198 Å². The summed E-state index contributed by atoms with van der Waals surface area (Å²) in [7, 11) is -3.11. The highest BCUT2D eigenvalue weighted by Crippen LogP contribution is 2.46. The van der Waals surface area contributed by atoms with E-state index in [1.807, 2.05) is 0 Å². The van der Waals surface area contributed by atoms with Crippen LogP contribution in [0.5, 0.6) is 5.75 Å². The van der Waals surface area contributed by atoms with Gasteiger partial charge in [0.1, 0.15) is 0 Å². The molecular formula is C15H17N4O10P. The normalized spacial score (nSPS) is 10.6. The molecule has 0 saturated heterocycles. The fourth-order valence-electron chi connectivity index (χ4n) is 2.03. The van der Waals surface area contributed by atoms with Crippen LogP contribution in [0.3, 0.4) is 0 Å². The summed E-state index contributed by atoms with van der Waals surface area (Å²) < 4.78 is 22.5. The first-order valence-electron chi connectivity index (χ1n) is 8.17. The van der Waals surface area contributed by atoms with Crippen molar-refractivity contribution in [2.75, 3.05) is 13.2 Å². The lowest BCUT2D eigenvalue weighted by Gasteiger charge is -2.16. The minimum atomic E-state index is -3.11. The number of nitro benzene ring substituents is 3. The maximum atomic E-state index is 12.1. The van der Waals surface area contributed by atoms with E-state index in [2.05, 4.69) is 4.98 Å². The lowest BCUT2D eigenvalue weighted by atomic mass is 10.2. The zero-order valence-electron chi connectivity index (χ0n) is 15.7. The summed E-state index contributed by atoms with van der Waals surface area (Å²) in [5, 5.41) is 40.8. The second-order valence-electron chi connectivity index (χ2n) is 5.14. The van der Waals surface area contributed by atoms with Crippen molar-refractivity contribution in [2.24, 2.45) is 0 Å². The van der Waals surface area contributed by atoms with Crippen molar-refractivity contribution in [2.45, 2.75) is 13.8 Å². The molecule has 0 saturated carbocycles. The van der Waals surface area contributed by atoms with Crippen LogP contribution >= 0.6 is 7.60 Å². The molecule has 14 nitrogen and oxygen atoms in total. The molecule has 1 aromatic carbocycles. The number of phenols is 1. The molecular weight excluding hydrogens is 427 g/mol.